The van der Waals surface area contributed by atoms with E-state index in [1.54, 1.807) is 48.5 Å². The number of nitro groups is 1. The Kier molecular flexibility index (Phi) is 6.29. The highest BCUT2D eigenvalue weighted by atomic mass is 16.6. The monoisotopic (exact) mass is 403 g/mol. The first-order valence-electron chi connectivity index (χ1n) is 8.90. The lowest BCUT2D eigenvalue weighted by Gasteiger charge is -2.06. The third-order valence-electron chi connectivity index (χ3n) is 4.05. The number of aryl methyl sites for hydroxylation is 1. The molecule has 0 aliphatic heterocycles. The number of hydrazone groups is 1. The summed E-state index contributed by atoms with van der Waals surface area (Å²) in [5.41, 5.74) is 3.98. The van der Waals surface area contributed by atoms with E-state index in [2.05, 4.69) is 10.5 Å². The van der Waals surface area contributed by atoms with Crippen LogP contribution in [0.4, 0.5) is 5.69 Å². The van der Waals surface area contributed by atoms with Gasteiger partial charge in [-0.1, -0.05) is 35.9 Å². The Labute approximate surface area is 172 Å². The highest BCUT2D eigenvalue weighted by Gasteiger charge is 2.19. The van der Waals surface area contributed by atoms with Crippen molar-refractivity contribution in [2.75, 3.05) is 0 Å². The number of carbonyl (C=O) groups is 2. The van der Waals surface area contributed by atoms with Gasteiger partial charge < -0.3 is 4.74 Å². The number of ether oxygens (including phenoxy) is 1. The quantitative estimate of drug-likeness (QED) is 0.221. The molecule has 8 nitrogen and oxygen atoms in total. The zero-order chi connectivity index (χ0) is 21.5. The van der Waals surface area contributed by atoms with Crippen LogP contribution >= 0.6 is 0 Å². The lowest BCUT2D eigenvalue weighted by molar-refractivity contribution is -0.385. The van der Waals surface area contributed by atoms with Crippen LogP contribution in [0.2, 0.25) is 0 Å². The molecule has 0 aliphatic carbocycles. The zero-order valence-corrected chi connectivity index (χ0v) is 15.9. The van der Waals surface area contributed by atoms with E-state index in [1.165, 1.54) is 24.4 Å². The van der Waals surface area contributed by atoms with E-state index in [4.69, 9.17) is 4.74 Å². The number of amides is 1. The van der Waals surface area contributed by atoms with E-state index in [0.29, 0.717) is 11.1 Å². The molecule has 30 heavy (non-hydrogen) atoms. The summed E-state index contributed by atoms with van der Waals surface area (Å²) in [7, 11) is 0. The summed E-state index contributed by atoms with van der Waals surface area (Å²) in [5.74, 6) is -1.29. The second kappa shape index (κ2) is 9.24. The van der Waals surface area contributed by atoms with Crippen LogP contribution in [0.15, 0.2) is 77.9 Å². The number of hydrogen-bond donors (Lipinski definition) is 1. The van der Waals surface area contributed by atoms with Crippen molar-refractivity contribution in [1.29, 1.82) is 0 Å². The van der Waals surface area contributed by atoms with Crippen molar-refractivity contribution in [3.63, 3.8) is 0 Å². The van der Waals surface area contributed by atoms with Crippen LogP contribution < -0.4 is 10.2 Å². The number of nitro benzene ring substituents is 1. The van der Waals surface area contributed by atoms with Crippen molar-refractivity contribution in [1.82, 2.24) is 5.43 Å². The molecule has 150 valence electrons. The molecular formula is C22H17N3O5. The summed E-state index contributed by atoms with van der Waals surface area (Å²) in [6.45, 7) is 1.87. The Morgan fingerprint density at radius 1 is 1.00 bits per heavy atom. The minimum Gasteiger partial charge on any atom is -0.416 e. The van der Waals surface area contributed by atoms with Crippen LogP contribution in [0.3, 0.4) is 0 Å². The SMILES string of the molecule is Cc1cccc(C(=O)N/N=C/c2ccc(OC(=O)c3ccccc3)c([N+](=O)[O-])c2)c1. The molecule has 0 radical (unpaired) electrons. The molecule has 0 spiro atoms. The molecule has 0 fully saturated rings. The smallest absolute Gasteiger partial charge is 0.343 e. The van der Waals surface area contributed by atoms with Crippen LogP contribution in [0.5, 0.6) is 5.75 Å². The summed E-state index contributed by atoms with van der Waals surface area (Å²) in [6.07, 6.45) is 1.27. The average Bonchev–Trinajstić information content (AvgIpc) is 2.75. The molecule has 1 N–H and O–H groups in total. The predicted octanol–water partition coefficient (Wildman–Crippen LogP) is 3.89. The number of benzene rings is 3. The van der Waals surface area contributed by atoms with E-state index in [-0.39, 0.29) is 11.3 Å². The number of carbonyl (C=O) groups excluding carboxylic acids is 2. The minimum absolute atomic E-state index is 0.185. The molecule has 3 rings (SSSR count). The lowest BCUT2D eigenvalue weighted by atomic mass is 10.1. The van der Waals surface area contributed by atoms with Gasteiger partial charge in [0.05, 0.1) is 16.7 Å². The second-order valence-electron chi connectivity index (χ2n) is 6.31. The van der Waals surface area contributed by atoms with Crippen LogP contribution in [0.1, 0.15) is 31.8 Å². The van der Waals surface area contributed by atoms with Crippen LogP contribution in [0.25, 0.3) is 0 Å². The number of nitrogens with one attached hydrogen (secondary N) is 1. The minimum atomic E-state index is -0.703. The van der Waals surface area contributed by atoms with Crippen molar-refractivity contribution in [3.8, 4) is 5.75 Å². The van der Waals surface area contributed by atoms with Gasteiger partial charge in [0, 0.05) is 17.2 Å². The maximum Gasteiger partial charge on any atom is 0.343 e. The van der Waals surface area contributed by atoms with Crippen molar-refractivity contribution >= 4 is 23.8 Å². The normalized spacial score (nSPS) is 10.6. The number of rotatable bonds is 6. The van der Waals surface area contributed by atoms with Crippen LogP contribution in [-0.4, -0.2) is 23.0 Å². The second-order valence-corrected chi connectivity index (χ2v) is 6.31. The van der Waals surface area contributed by atoms with Gasteiger partial charge in [-0.2, -0.15) is 5.10 Å². The van der Waals surface area contributed by atoms with Crippen molar-refractivity contribution < 1.29 is 19.2 Å². The van der Waals surface area contributed by atoms with Gasteiger partial charge in [0.1, 0.15) is 0 Å². The Hall–Kier alpha value is -4.33. The molecule has 3 aromatic carbocycles. The Morgan fingerprint density at radius 2 is 1.73 bits per heavy atom. The molecule has 0 atom stereocenters. The van der Waals surface area contributed by atoms with Crippen molar-refractivity contribution in [3.05, 3.63) is 105 Å². The standard InChI is InChI=1S/C22H17N3O5/c1-15-6-5-9-18(12-15)21(26)24-23-14-16-10-11-20(19(13-16)25(28)29)30-22(27)17-7-3-2-4-8-17/h2-14H,1H3,(H,24,26)/b23-14+. The molecule has 0 saturated heterocycles. The summed E-state index contributed by atoms with van der Waals surface area (Å²) < 4.78 is 5.16. The van der Waals surface area contributed by atoms with Crippen LogP contribution in [-0.2, 0) is 0 Å². The van der Waals surface area contributed by atoms with E-state index >= 15 is 0 Å². The van der Waals surface area contributed by atoms with Gasteiger partial charge in [-0.3, -0.25) is 14.9 Å². The van der Waals surface area contributed by atoms with Gasteiger partial charge in [0.25, 0.3) is 5.91 Å². The third kappa shape index (κ3) is 5.14. The summed E-state index contributed by atoms with van der Waals surface area (Å²) >= 11 is 0. The number of esters is 1. The first-order chi connectivity index (χ1) is 14.4. The van der Waals surface area contributed by atoms with Crippen LogP contribution in [0, 0.1) is 17.0 Å². The number of hydrogen-bond acceptors (Lipinski definition) is 6. The Morgan fingerprint density at radius 3 is 2.43 bits per heavy atom. The molecule has 0 heterocycles. The lowest BCUT2D eigenvalue weighted by Crippen LogP contribution is -2.17. The van der Waals surface area contributed by atoms with Crippen molar-refractivity contribution in [2.24, 2.45) is 5.10 Å². The fourth-order valence-corrected chi connectivity index (χ4v) is 2.59. The molecule has 0 unspecified atom stereocenters. The molecule has 0 aliphatic rings. The molecule has 0 saturated carbocycles. The van der Waals surface area contributed by atoms with Crippen molar-refractivity contribution in [2.45, 2.75) is 6.92 Å². The molecule has 3 aromatic rings. The zero-order valence-electron chi connectivity index (χ0n) is 15.9. The van der Waals surface area contributed by atoms with E-state index < -0.39 is 22.5 Å². The largest absolute Gasteiger partial charge is 0.416 e. The first-order valence-corrected chi connectivity index (χ1v) is 8.90. The topological polar surface area (TPSA) is 111 Å². The summed E-state index contributed by atoms with van der Waals surface area (Å²) in [5, 5.41) is 15.2. The van der Waals surface area contributed by atoms with Gasteiger partial charge in [-0.15, -0.1) is 0 Å². The Balaban J connectivity index is 1.73. The molecule has 0 aromatic heterocycles. The maximum absolute atomic E-state index is 12.2. The molecule has 0 bridgehead atoms. The average molecular weight is 403 g/mol. The summed E-state index contributed by atoms with van der Waals surface area (Å²) in [4.78, 5) is 35.0. The Bertz CT molecular complexity index is 1130. The van der Waals surface area contributed by atoms with E-state index in [9.17, 15) is 19.7 Å². The van der Waals surface area contributed by atoms with E-state index in [0.717, 1.165) is 5.56 Å². The van der Waals surface area contributed by atoms with Gasteiger partial charge >= 0.3 is 11.7 Å². The maximum atomic E-state index is 12.2. The molecule has 1 amide bonds. The van der Waals surface area contributed by atoms with Gasteiger partial charge in [-0.05, 0) is 43.3 Å². The molecular weight excluding hydrogens is 386 g/mol. The fourth-order valence-electron chi connectivity index (χ4n) is 2.59. The van der Waals surface area contributed by atoms with Gasteiger partial charge in [0.2, 0.25) is 5.75 Å². The highest BCUT2D eigenvalue weighted by molar-refractivity contribution is 5.95. The number of nitrogens with zero attached hydrogens (tertiary/aromatic N) is 2. The molecule has 8 heteroatoms. The van der Waals surface area contributed by atoms with Gasteiger partial charge in [-0.25, -0.2) is 10.2 Å². The van der Waals surface area contributed by atoms with Gasteiger partial charge in [0.15, 0.2) is 0 Å². The highest BCUT2D eigenvalue weighted by Crippen LogP contribution is 2.28. The first kappa shape index (κ1) is 20.4. The van der Waals surface area contributed by atoms with E-state index in [1.807, 2.05) is 13.0 Å². The third-order valence-corrected chi connectivity index (χ3v) is 4.05. The summed E-state index contributed by atoms with van der Waals surface area (Å²) in [6, 6.07) is 19.2. The predicted molar refractivity (Wildman–Crippen MR) is 111 cm³/mol. The fraction of sp³-hybridized carbons (Fsp3) is 0.0455.